The summed E-state index contributed by atoms with van der Waals surface area (Å²) in [6.07, 6.45) is 2.82. The third-order valence-electron chi connectivity index (χ3n) is 2.76. The maximum atomic E-state index is 10.5. The van der Waals surface area contributed by atoms with E-state index in [1.165, 1.54) is 6.08 Å². The molecule has 0 fully saturated rings. The quantitative estimate of drug-likeness (QED) is 0.795. The largest absolute Gasteiger partial charge is 0.478 e. The van der Waals surface area contributed by atoms with E-state index in [4.69, 9.17) is 5.11 Å². The van der Waals surface area contributed by atoms with Crippen LogP contribution in [0.1, 0.15) is 25.0 Å². The molecule has 0 bridgehead atoms. The van der Waals surface area contributed by atoms with Gasteiger partial charge in [-0.15, -0.1) is 0 Å². The fraction of sp³-hybridized carbons (Fsp3) is 0.357. The van der Waals surface area contributed by atoms with Gasteiger partial charge >= 0.3 is 5.97 Å². The van der Waals surface area contributed by atoms with Crippen molar-refractivity contribution in [2.24, 2.45) is 0 Å². The normalized spacial score (nSPS) is 11.6. The molecule has 0 aliphatic carbocycles. The second-order valence-corrected chi connectivity index (χ2v) is 4.38. The Bertz CT molecular complexity index is 410. The van der Waals surface area contributed by atoms with Gasteiger partial charge in [0.2, 0.25) is 0 Å². The zero-order valence-corrected chi connectivity index (χ0v) is 10.6. The molecule has 0 unspecified atom stereocenters. The van der Waals surface area contributed by atoms with Gasteiger partial charge < -0.3 is 5.11 Å². The van der Waals surface area contributed by atoms with Crippen molar-refractivity contribution in [3.05, 3.63) is 41.5 Å². The van der Waals surface area contributed by atoms with Crippen molar-refractivity contribution in [2.45, 2.75) is 26.4 Å². The molecular formula is C14H19NO2. The van der Waals surface area contributed by atoms with Gasteiger partial charge in [-0.25, -0.2) is 4.79 Å². The van der Waals surface area contributed by atoms with Crippen molar-refractivity contribution in [2.75, 3.05) is 7.05 Å². The molecule has 17 heavy (non-hydrogen) atoms. The molecule has 0 spiro atoms. The van der Waals surface area contributed by atoms with Crippen molar-refractivity contribution >= 4 is 12.0 Å². The smallest absolute Gasteiger partial charge is 0.328 e. The third-order valence-corrected chi connectivity index (χ3v) is 2.76. The zero-order chi connectivity index (χ0) is 12.8. The average Bonchev–Trinajstić information content (AvgIpc) is 2.27. The predicted molar refractivity (Wildman–Crippen MR) is 69.7 cm³/mol. The van der Waals surface area contributed by atoms with E-state index < -0.39 is 5.97 Å². The molecule has 1 aromatic rings. The van der Waals surface area contributed by atoms with Crippen LogP contribution in [0.3, 0.4) is 0 Å². The molecule has 0 aliphatic heterocycles. The van der Waals surface area contributed by atoms with Crippen LogP contribution in [0.2, 0.25) is 0 Å². The highest BCUT2D eigenvalue weighted by atomic mass is 16.4. The van der Waals surface area contributed by atoms with Crippen LogP contribution in [0, 0.1) is 0 Å². The number of benzene rings is 1. The van der Waals surface area contributed by atoms with Crippen LogP contribution in [0.4, 0.5) is 0 Å². The number of aliphatic carboxylic acids is 1. The first-order valence-electron chi connectivity index (χ1n) is 5.70. The highest BCUT2D eigenvalue weighted by Crippen LogP contribution is 2.14. The zero-order valence-electron chi connectivity index (χ0n) is 10.6. The van der Waals surface area contributed by atoms with E-state index in [-0.39, 0.29) is 0 Å². The summed E-state index contributed by atoms with van der Waals surface area (Å²) >= 11 is 0. The van der Waals surface area contributed by atoms with Gasteiger partial charge in [0, 0.05) is 18.7 Å². The third kappa shape index (κ3) is 4.41. The minimum absolute atomic E-state index is 0.464. The topological polar surface area (TPSA) is 40.5 Å². The summed E-state index contributed by atoms with van der Waals surface area (Å²) < 4.78 is 0. The summed E-state index contributed by atoms with van der Waals surface area (Å²) in [6.45, 7) is 5.09. The number of carbonyl (C=O) groups is 1. The molecule has 0 atom stereocenters. The molecule has 1 N–H and O–H groups in total. The molecule has 0 amide bonds. The lowest BCUT2D eigenvalue weighted by atomic mass is 10.1. The van der Waals surface area contributed by atoms with Gasteiger partial charge in [0.05, 0.1) is 0 Å². The summed E-state index contributed by atoms with van der Waals surface area (Å²) in [5.41, 5.74) is 2.10. The van der Waals surface area contributed by atoms with Crippen LogP contribution >= 0.6 is 0 Å². The number of hydrogen-bond acceptors (Lipinski definition) is 2. The van der Waals surface area contributed by atoms with Crippen molar-refractivity contribution < 1.29 is 9.90 Å². The van der Waals surface area contributed by atoms with Crippen molar-refractivity contribution in [1.29, 1.82) is 0 Å². The molecule has 0 radical (unpaired) electrons. The van der Waals surface area contributed by atoms with Crippen molar-refractivity contribution in [3.8, 4) is 0 Å². The Kier molecular flexibility index (Phi) is 4.91. The van der Waals surface area contributed by atoms with E-state index >= 15 is 0 Å². The van der Waals surface area contributed by atoms with E-state index in [2.05, 4.69) is 25.8 Å². The van der Waals surface area contributed by atoms with Crippen LogP contribution in [-0.4, -0.2) is 29.1 Å². The molecule has 3 heteroatoms. The molecule has 1 rings (SSSR count). The second kappa shape index (κ2) is 6.21. The SMILES string of the molecule is CC(C)N(C)Cc1ccccc1C=CC(=O)O. The predicted octanol–water partition coefficient (Wildman–Crippen LogP) is 2.62. The van der Waals surface area contributed by atoms with Crippen molar-refractivity contribution in [1.82, 2.24) is 4.90 Å². The van der Waals surface area contributed by atoms with Gasteiger partial charge in [0.15, 0.2) is 0 Å². The highest BCUT2D eigenvalue weighted by molar-refractivity contribution is 5.85. The summed E-state index contributed by atoms with van der Waals surface area (Å²) in [7, 11) is 2.06. The van der Waals surface area contributed by atoms with Crippen LogP contribution < -0.4 is 0 Å². The fourth-order valence-corrected chi connectivity index (χ4v) is 1.45. The first kappa shape index (κ1) is 13.5. The summed E-state index contributed by atoms with van der Waals surface area (Å²) in [4.78, 5) is 12.7. The van der Waals surface area contributed by atoms with Gasteiger partial charge in [-0.3, -0.25) is 4.90 Å². The minimum atomic E-state index is -0.919. The molecule has 0 saturated heterocycles. The molecule has 3 nitrogen and oxygen atoms in total. The molecule has 0 aromatic heterocycles. The Hall–Kier alpha value is -1.61. The molecule has 92 valence electrons. The molecule has 0 saturated carbocycles. The Morgan fingerprint density at radius 1 is 1.41 bits per heavy atom. The molecule has 0 aliphatic rings. The Balaban J connectivity index is 2.88. The van der Waals surface area contributed by atoms with E-state index in [1.54, 1.807) is 6.08 Å². The lowest BCUT2D eigenvalue weighted by Gasteiger charge is -2.21. The molecular weight excluding hydrogens is 214 g/mol. The van der Waals surface area contributed by atoms with Gasteiger partial charge in [0.25, 0.3) is 0 Å². The standard InChI is InChI=1S/C14H19NO2/c1-11(2)15(3)10-13-7-5-4-6-12(13)8-9-14(16)17/h4-9,11H,10H2,1-3H3,(H,16,17). The first-order chi connectivity index (χ1) is 8.00. The van der Waals surface area contributed by atoms with E-state index in [0.717, 1.165) is 17.7 Å². The van der Waals surface area contributed by atoms with Gasteiger partial charge in [-0.1, -0.05) is 24.3 Å². The fourth-order valence-electron chi connectivity index (χ4n) is 1.45. The number of rotatable bonds is 5. The monoisotopic (exact) mass is 233 g/mol. The Morgan fingerprint density at radius 2 is 2.06 bits per heavy atom. The summed E-state index contributed by atoms with van der Waals surface area (Å²) in [5, 5.41) is 8.64. The van der Waals surface area contributed by atoms with Crippen LogP contribution in [-0.2, 0) is 11.3 Å². The number of hydrogen-bond donors (Lipinski definition) is 1. The van der Waals surface area contributed by atoms with Crippen molar-refractivity contribution in [3.63, 3.8) is 0 Å². The maximum absolute atomic E-state index is 10.5. The Labute approximate surface area is 102 Å². The summed E-state index contributed by atoms with van der Waals surface area (Å²) in [6, 6.07) is 8.32. The highest BCUT2D eigenvalue weighted by Gasteiger charge is 2.06. The van der Waals surface area contributed by atoms with Gasteiger partial charge in [-0.05, 0) is 38.1 Å². The number of carboxylic acid groups (broad SMARTS) is 1. The maximum Gasteiger partial charge on any atom is 0.328 e. The Morgan fingerprint density at radius 3 is 2.65 bits per heavy atom. The number of carboxylic acids is 1. The summed E-state index contributed by atoms with van der Waals surface area (Å²) in [5.74, 6) is -0.919. The van der Waals surface area contributed by atoms with Gasteiger partial charge in [0.1, 0.15) is 0 Å². The van der Waals surface area contributed by atoms with Crippen LogP contribution in [0.25, 0.3) is 6.08 Å². The van der Waals surface area contributed by atoms with E-state index in [0.29, 0.717) is 6.04 Å². The lowest BCUT2D eigenvalue weighted by molar-refractivity contribution is -0.131. The first-order valence-corrected chi connectivity index (χ1v) is 5.70. The van der Waals surface area contributed by atoms with E-state index in [9.17, 15) is 4.79 Å². The minimum Gasteiger partial charge on any atom is -0.478 e. The lowest BCUT2D eigenvalue weighted by Crippen LogP contribution is -2.25. The van der Waals surface area contributed by atoms with Crippen LogP contribution in [0.15, 0.2) is 30.3 Å². The second-order valence-electron chi connectivity index (χ2n) is 4.38. The molecule has 0 heterocycles. The molecule has 1 aromatic carbocycles. The average molecular weight is 233 g/mol. The van der Waals surface area contributed by atoms with Gasteiger partial charge in [-0.2, -0.15) is 0 Å². The van der Waals surface area contributed by atoms with Crippen LogP contribution in [0.5, 0.6) is 0 Å². The number of nitrogens with zero attached hydrogens (tertiary/aromatic N) is 1. The van der Waals surface area contributed by atoms with E-state index in [1.807, 2.05) is 24.3 Å².